The fraction of sp³-hybridized carbons (Fsp3) is 0.542. The Balaban J connectivity index is 2.31. The summed E-state index contributed by atoms with van der Waals surface area (Å²) in [4.78, 5) is 27.2. The summed E-state index contributed by atoms with van der Waals surface area (Å²) in [5.74, 6) is 0.488. The number of halogens is 2. The van der Waals surface area contributed by atoms with Crippen LogP contribution in [0.1, 0.15) is 66.5 Å². The van der Waals surface area contributed by atoms with E-state index in [9.17, 15) is 9.59 Å². The van der Waals surface area contributed by atoms with Gasteiger partial charge in [0.15, 0.2) is 0 Å². The van der Waals surface area contributed by atoms with E-state index in [-0.39, 0.29) is 29.7 Å². The number of amides is 2. The van der Waals surface area contributed by atoms with Gasteiger partial charge in [0.05, 0.1) is 28.0 Å². The highest BCUT2D eigenvalue weighted by molar-refractivity contribution is 6.42. The predicted octanol–water partition coefficient (Wildman–Crippen LogP) is 6.09. The number of carbonyl (C=O) groups excluding carboxylic acids is 2. The number of rotatable bonds is 9. The van der Waals surface area contributed by atoms with Crippen molar-refractivity contribution >= 4 is 40.8 Å². The van der Waals surface area contributed by atoms with E-state index < -0.39 is 0 Å². The molecule has 2 rings (SSSR count). The molecule has 1 aromatic heterocycles. The molecule has 0 fully saturated rings. The van der Waals surface area contributed by atoms with E-state index in [0.29, 0.717) is 34.5 Å². The Kier molecular flexibility index (Phi) is 9.17. The monoisotopic (exact) mass is 480 g/mol. The summed E-state index contributed by atoms with van der Waals surface area (Å²) in [6, 6.07) is 7.05. The average molecular weight is 481 g/mol. The maximum Gasteiger partial charge on any atom is 0.245 e. The quantitative estimate of drug-likeness (QED) is 0.471. The number of nitrogens with one attached hydrogen (secondary N) is 1. The highest BCUT2D eigenvalue weighted by Crippen LogP contribution is 2.29. The lowest BCUT2D eigenvalue weighted by Gasteiger charge is -2.23. The Hall–Kier alpha value is -2.05. The number of hydrogen-bond acceptors (Lipinski definition) is 3. The molecule has 0 aliphatic heterocycles. The third kappa shape index (κ3) is 7.24. The van der Waals surface area contributed by atoms with Crippen LogP contribution in [0.25, 0.3) is 5.69 Å². The van der Waals surface area contributed by atoms with Crippen LogP contribution < -0.4 is 5.32 Å². The van der Waals surface area contributed by atoms with Crippen LogP contribution >= 0.6 is 23.2 Å². The summed E-state index contributed by atoms with van der Waals surface area (Å²) in [5, 5.41) is 8.49. The van der Waals surface area contributed by atoms with Crippen LogP contribution in [0.2, 0.25) is 10.0 Å². The first-order valence-electron chi connectivity index (χ1n) is 11.1. The van der Waals surface area contributed by atoms with Crippen molar-refractivity contribution in [3.8, 4) is 5.69 Å². The van der Waals surface area contributed by atoms with Crippen molar-refractivity contribution in [2.75, 3.05) is 18.4 Å². The van der Waals surface area contributed by atoms with Gasteiger partial charge in [0.1, 0.15) is 5.82 Å². The zero-order valence-electron chi connectivity index (χ0n) is 19.8. The SMILES string of the molecule is CCCCN(CC(=O)Nc1cc(C(C)(C)C)nn1-c1ccc(Cl)c(Cl)c1)C(=O)CC(C)C. The first-order valence-corrected chi connectivity index (χ1v) is 11.8. The third-order valence-electron chi connectivity index (χ3n) is 4.94. The zero-order valence-corrected chi connectivity index (χ0v) is 21.3. The Morgan fingerprint density at radius 1 is 1.16 bits per heavy atom. The number of unbranched alkanes of at least 4 members (excludes halogenated alkanes) is 1. The standard InChI is InChI=1S/C24H34Cl2N4O2/c1-7-8-11-29(23(32)12-16(2)3)15-22(31)27-21-14-20(24(4,5)6)28-30(21)17-9-10-18(25)19(26)13-17/h9-10,13-14,16H,7-8,11-12,15H2,1-6H3,(H,27,31). The van der Waals surface area contributed by atoms with Crippen molar-refractivity contribution in [2.24, 2.45) is 5.92 Å². The van der Waals surface area contributed by atoms with E-state index >= 15 is 0 Å². The predicted molar refractivity (Wildman–Crippen MR) is 132 cm³/mol. The molecular formula is C24H34Cl2N4O2. The van der Waals surface area contributed by atoms with Crippen molar-refractivity contribution in [2.45, 2.75) is 66.2 Å². The minimum atomic E-state index is -0.264. The van der Waals surface area contributed by atoms with Crippen LogP contribution in [0.5, 0.6) is 0 Å². The van der Waals surface area contributed by atoms with E-state index in [2.05, 4.69) is 33.0 Å². The molecule has 0 unspecified atom stereocenters. The lowest BCUT2D eigenvalue weighted by atomic mass is 9.92. The van der Waals surface area contributed by atoms with Gasteiger partial charge >= 0.3 is 0 Å². The van der Waals surface area contributed by atoms with E-state index in [1.807, 2.05) is 19.9 Å². The highest BCUT2D eigenvalue weighted by atomic mass is 35.5. The molecule has 8 heteroatoms. The first kappa shape index (κ1) is 26.2. The lowest BCUT2D eigenvalue weighted by molar-refractivity contribution is -0.135. The zero-order chi connectivity index (χ0) is 24.1. The molecular weight excluding hydrogens is 447 g/mol. The third-order valence-corrected chi connectivity index (χ3v) is 5.68. The highest BCUT2D eigenvalue weighted by Gasteiger charge is 2.23. The molecule has 0 spiro atoms. The van der Waals surface area contributed by atoms with Crippen molar-refractivity contribution in [1.82, 2.24) is 14.7 Å². The molecule has 0 atom stereocenters. The molecule has 176 valence electrons. The average Bonchev–Trinajstić information content (AvgIpc) is 3.10. The van der Waals surface area contributed by atoms with Crippen LogP contribution in [-0.2, 0) is 15.0 Å². The maximum atomic E-state index is 12.9. The van der Waals surface area contributed by atoms with E-state index in [0.717, 1.165) is 18.5 Å². The lowest BCUT2D eigenvalue weighted by Crippen LogP contribution is -2.39. The summed E-state index contributed by atoms with van der Waals surface area (Å²) >= 11 is 12.3. The number of carbonyl (C=O) groups is 2. The van der Waals surface area contributed by atoms with Crippen molar-refractivity contribution in [3.05, 3.63) is 40.0 Å². The molecule has 0 saturated carbocycles. The Labute approximate surface area is 201 Å². The molecule has 0 aliphatic rings. The number of anilines is 1. The van der Waals surface area contributed by atoms with Crippen molar-refractivity contribution < 1.29 is 9.59 Å². The van der Waals surface area contributed by atoms with E-state index in [1.54, 1.807) is 27.8 Å². The van der Waals surface area contributed by atoms with Crippen LogP contribution in [0, 0.1) is 5.92 Å². The maximum absolute atomic E-state index is 12.9. The molecule has 0 aliphatic carbocycles. The van der Waals surface area contributed by atoms with Crippen LogP contribution in [0.3, 0.4) is 0 Å². The second kappa shape index (κ2) is 11.2. The fourth-order valence-corrected chi connectivity index (χ4v) is 3.42. The van der Waals surface area contributed by atoms with Gasteiger partial charge in [-0.25, -0.2) is 4.68 Å². The minimum absolute atomic E-state index is 0.00280. The summed E-state index contributed by atoms with van der Waals surface area (Å²) in [6.45, 7) is 12.8. The summed E-state index contributed by atoms with van der Waals surface area (Å²) in [5.41, 5.74) is 1.28. The Morgan fingerprint density at radius 3 is 2.41 bits per heavy atom. The molecule has 1 heterocycles. The van der Waals surface area contributed by atoms with Crippen molar-refractivity contribution in [1.29, 1.82) is 0 Å². The summed E-state index contributed by atoms with van der Waals surface area (Å²) in [6.07, 6.45) is 2.23. The molecule has 0 bridgehead atoms. The minimum Gasteiger partial charge on any atom is -0.333 e. The summed E-state index contributed by atoms with van der Waals surface area (Å²) < 4.78 is 1.65. The van der Waals surface area contributed by atoms with Gasteiger partial charge in [0, 0.05) is 24.4 Å². The molecule has 6 nitrogen and oxygen atoms in total. The molecule has 0 saturated heterocycles. The molecule has 2 aromatic rings. The number of aromatic nitrogens is 2. The topological polar surface area (TPSA) is 67.2 Å². The summed E-state index contributed by atoms with van der Waals surface area (Å²) in [7, 11) is 0. The van der Waals surface area contributed by atoms with E-state index in [4.69, 9.17) is 28.3 Å². The van der Waals surface area contributed by atoms with Gasteiger partial charge in [-0.05, 0) is 30.5 Å². The number of benzene rings is 1. The van der Waals surface area contributed by atoms with Crippen LogP contribution in [-0.4, -0.2) is 39.6 Å². The number of hydrogen-bond donors (Lipinski definition) is 1. The molecule has 1 N–H and O–H groups in total. The van der Waals surface area contributed by atoms with Gasteiger partial charge in [0.2, 0.25) is 11.8 Å². The van der Waals surface area contributed by atoms with Gasteiger partial charge in [-0.15, -0.1) is 0 Å². The van der Waals surface area contributed by atoms with Crippen molar-refractivity contribution in [3.63, 3.8) is 0 Å². The number of nitrogens with zero attached hydrogens (tertiary/aromatic N) is 3. The molecule has 1 aromatic carbocycles. The largest absolute Gasteiger partial charge is 0.333 e. The second-order valence-corrected chi connectivity index (χ2v) is 10.3. The van der Waals surface area contributed by atoms with Gasteiger partial charge in [-0.1, -0.05) is 71.2 Å². The van der Waals surface area contributed by atoms with Gasteiger partial charge in [-0.2, -0.15) is 5.10 Å². The molecule has 32 heavy (non-hydrogen) atoms. The van der Waals surface area contributed by atoms with Gasteiger partial charge < -0.3 is 10.2 Å². The fourth-order valence-electron chi connectivity index (χ4n) is 3.13. The Bertz CT molecular complexity index is 948. The molecule has 2 amide bonds. The smallest absolute Gasteiger partial charge is 0.245 e. The van der Waals surface area contributed by atoms with E-state index in [1.165, 1.54) is 0 Å². The molecule has 0 radical (unpaired) electrons. The Morgan fingerprint density at radius 2 is 1.84 bits per heavy atom. The second-order valence-electron chi connectivity index (χ2n) is 9.49. The van der Waals surface area contributed by atoms with Gasteiger partial charge in [0.25, 0.3) is 0 Å². The van der Waals surface area contributed by atoms with Gasteiger partial charge in [-0.3, -0.25) is 9.59 Å². The van der Waals surface area contributed by atoms with Crippen LogP contribution in [0.15, 0.2) is 24.3 Å². The van der Waals surface area contributed by atoms with Crippen LogP contribution in [0.4, 0.5) is 5.82 Å². The first-order chi connectivity index (χ1) is 14.9. The normalized spacial score (nSPS) is 11.7.